The van der Waals surface area contributed by atoms with E-state index in [0.29, 0.717) is 28.6 Å². The van der Waals surface area contributed by atoms with Gasteiger partial charge in [-0.2, -0.15) is 0 Å². The maximum atomic E-state index is 11.2. The molecule has 0 aliphatic carbocycles. The van der Waals surface area contributed by atoms with E-state index in [4.69, 9.17) is 18.9 Å². The van der Waals surface area contributed by atoms with Crippen LogP contribution in [0.3, 0.4) is 0 Å². The normalized spacial score (nSPS) is 11.2. The molecular formula is C27H32O5. The van der Waals surface area contributed by atoms with Crippen LogP contribution in [0.25, 0.3) is 22.3 Å². The molecule has 0 spiro atoms. The Labute approximate surface area is 190 Å². The third-order valence-corrected chi connectivity index (χ3v) is 5.42. The van der Waals surface area contributed by atoms with Gasteiger partial charge >= 0.3 is 0 Å². The summed E-state index contributed by atoms with van der Waals surface area (Å²) in [7, 11) is 4.74. The Bertz CT molecular complexity index is 1060. The van der Waals surface area contributed by atoms with Crippen molar-refractivity contribution in [3.8, 4) is 51.0 Å². The number of hydrogen-bond acceptors (Lipinski definition) is 5. The van der Waals surface area contributed by atoms with Crippen molar-refractivity contribution in [2.75, 3.05) is 21.3 Å². The molecule has 0 unspecified atom stereocenters. The summed E-state index contributed by atoms with van der Waals surface area (Å²) >= 11 is 0. The Morgan fingerprint density at radius 2 is 1.47 bits per heavy atom. The minimum absolute atomic E-state index is 0.00716. The molecule has 0 atom stereocenters. The maximum Gasteiger partial charge on any atom is 0.170 e. The molecule has 0 saturated carbocycles. The van der Waals surface area contributed by atoms with Crippen molar-refractivity contribution in [2.45, 2.75) is 39.2 Å². The molecule has 170 valence electrons. The number of ether oxygens (including phenoxy) is 4. The summed E-state index contributed by atoms with van der Waals surface area (Å²) in [4.78, 5) is 0. The summed E-state index contributed by atoms with van der Waals surface area (Å²) in [5, 5.41) is 11.2. The van der Waals surface area contributed by atoms with Crippen LogP contribution in [0.1, 0.15) is 33.6 Å². The zero-order valence-corrected chi connectivity index (χ0v) is 19.7. The number of phenols is 1. The van der Waals surface area contributed by atoms with Crippen molar-refractivity contribution in [1.82, 2.24) is 0 Å². The predicted octanol–water partition coefficient (Wildman–Crippen LogP) is 6.71. The summed E-state index contributed by atoms with van der Waals surface area (Å²) in [5.74, 6) is 2.16. The average molecular weight is 437 g/mol. The first kappa shape index (κ1) is 23.3. The lowest BCUT2D eigenvalue weighted by Gasteiger charge is -2.27. The van der Waals surface area contributed by atoms with Crippen molar-refractivity contribution in [3.63, 3.8) is 0 Å². The Hall–Kier alpha value is -3.34. The first-order chi connectivity index (χ1) is 15.3. The smallest absolute Gasteiger partial charge is 0.170 e. The van der Waals surface area contributed by atoms with Crippen LogP contribution in [-0.4, -0.2) is 32.0 Å². The fourth-order valence-electron chi connectivity index (χ4n) is 3.96. The first-order valence-corrected chi connectivity index (χ1v) is 10.8. The second-order valence-corrected chi connectivity index (χ2v) is 8.23. The second kappa shape index (κ2) is 9.86. The molecule has 0 aromatic heterocycles. The van der Waals surface area contributed by atoms with Crippen molar-refractivity contribution >= 4 is 0 Å². The molecule has 0 fully saturated rings. The van der Waals surface area contributed by atoms with Crippen LogP contribution in [0.4, 0.5) is 0 Å². The van der Waals surface area contributed by atoms with Crippen LogP contribution in [0, 0.1) is 0 Å². The minimum atomic E-state index is -0.316. The lowest BCUT2D eigenvalue weighted by molar-refractivity contribution is 0.0945. The topological polar surface area (TPSA) is 57.2 Å². The number of rotatable bonds is 9. The Balaban J connectivity index is 2.13. The van der Waals surface area contributed by atoms with Gasteiger partial charge in [-0.1, -0.05) is 49.7 Å². The van der Waals surface area contributed by atoms with Gasteiger partial charge in [0.25, 0.3) is 0 Å². The third-order valence-electron chi connectivity index (χ3n) is 5.42. The minimum Gasteiger partial charge on any atom is -0.504 e. The highest BCUT2D eigenvalue weighted by Gasteiger charge is 2.24. The molecule has 0 radical (unpaired) electrons. The van der Waals surface area contributed by atoms with Crippen molar-refractivity contribution in [1.29, 1.82) is 0 Å². The molecule has 1 N–H and O–H groups in total. The van der Waals surface area contributed by atoms with Gasteiger partial charge in [0.2, 0.25) is 0 Å². The molecule has 0 aliphatic heterocycles. The molecule has 32 heavy (non-hydrogen) atoms. The molecule has 0 saturated heterocycles. The van der Waals surface area contributed by atoms with E-state index in [-0.39, 0.29) is 11.4 Å². The fraction of sp³-hybridized carbons (Fsp3) is 0.333. The van der Waals surface area contributed by atoms with Gasteiger partial charge in [0.15, 0.2) is 23.0 Å². The number of methoxy groups -OCH3 is 3. The van der Waals surface area contributed by atoms with Crippen LogP contribution in [0.2, 0.25) is 0 Å². The van der Waals surface area contributed by atoms with Crippen LogP contribution in [0.15, 0.2) is 54.6 Å². The van der Waals surface area contributed by atoms with E-state index in [1.54, 1.807) is 21.3 Å². The summed E-state index contributed by atoms with van der Waals surface area (Å²) in [6.07, 6.45) is 1.94. The monoisotopic (exact) mass is 436 g/mol. The van der Waals surface area contributed by atoms with E-state index in [0.717, 1.165) is 29.5 Å². The molecule has 5 heteroatoms. The lowest BCUT2D eigenvalue weighted by Crippen LogP contribution is -2.27. The van der Waals surface area contributed by atoms with Crippen LogP contribution in [0.5, 0.6) is 28.7 Å². The quantitative estimate of drug-likeness (QED) is 0.404. The molecule has 0 bridgehead atoms. The van der Waals surface area contributed by atoms with E-state index >= 15 is 0 Å². The van der Waals surface area contributed by atoms with E-state index in [1.807, 2.05) is 54.6 Å². The van der Waals surface area contributed by atoms with Gasteiger partial charge < -0.3 is 24.1 Å². The van der Waals surface area contributed by atoms with E-state index < -0.39 is 0 Å². The van der Waals surface area contributed by atoms with Crippen LogP contribution >= 0.6 is 0 Å². The molecule has 5 nitrogen and oxygen atoms in total. The van der Waals surface area contributed by atoms with E-state index in [2.05, 4.69) is 20.8 Å². The molecule has 3 aromatic rings. The lowest BCUT2D eigenvalue weighted by atomic mass is 9.96. The summed E-state index contributed by atoms with van der Waals surface area (Å²) < 4.78 is 23.1. The van der Waals surface area contributed by atoms with Crippen LogP contribution in [-0.2, 0) is 0 Å². The Kier molecular flexibility index (Phi) is 7.18. The van der Waals surface area contributed by atoms with Gasteiger partial charge in [-0.15, -0.1) is 0 Å². The van der Waals surface area contributed by atoms with Gasteiger partial charge in [-0.05, 0) is 49.6 Å². The maximum absolute atomic E-state index is 11.2. The van der Waals surface area contributed by atoms with Crippen molar-refractivity contribution in [2.24, 2.45) is 0 Å². The number of benzene rings is 3. The molecule has 0 aliphatic rings. The van der Waals surface area contributed by atoms with Crippen molar-refractivity contribution in [3.05, 3.63) is 54.6 Å². The fourth-order valence-corrected chi connectivity index (χ4v) is 3.96. The zero-order valence-electron chi connectivity index (χ0n) is 19.7. The number of hydrogen-bond donors (Lipinski definition) is 1. The zero-order chi connectivity index (χ0) is 23.3. The third kappa shape index (κ3) is 4.77. The average Bonchev–Trinajstić information content (AvgIpc) is 2.79. The highest BCUT2D eigenvalue weighted by molar-refractivity contribution is 5.88. The van der Waals surface area contributed by atoms with E-state index in [1.165, 1.54) is 0 Å². The first-order valence-electron chi connectivity index (χ1n) is 10.8. The van der Waals surface area contributed by atoms with Crippen LogP contribution < -0.4 is 18.9 Å². The summed E-state index contributed by atoms with van der Waals surface area (Å²) in [6, 6.07) is 17.2. The molecule has 3 aromatic carbocycles. The molecular weight excluding hydrogens is 404 g/mol. The van der Waals surface area contributed by atoms with Gasteiger partial charge in [0.05, 0.1) is 26.9 Å². The predicted molar refractivity (Wildman–Crippen MR) is 128 cm³/mol. The second-order valence-electron chi connectivity index (χ2n) is 8.23. The highest BCUT2D eigenvalue weighted by atomic mass is 16.5. The van der Waals surface area contributed by atoms with Gasteiger partial charge in [-0.3, -0.25) is 0 Å². The molecule has 0 heterocycles. The number of phenolic OH excluding ortho intramolecular Hbond substituents is 1. The summed E-state index contributed by atoms with van der Waals surface area (Å²) in [6.45, 7) is 6.25. The van der Waals surface area contributed by atoms with Gasteiger partial charge in [-0.25, -0.2) is 0 Å². The molecule has 0 amide bonds. The largest absolute Gasteiger partial charge is 0.504 e. The van der Waals surface area contributed by atoms with Gasteiger partial charge in [0.1, 0.15) is 11.4 Å². The SMILES string of the molecule is CCCC(C)(C)Oc1ccc(-c2c(OC)cc(-c3ccccc3)c(OC)c2O)cc1OC. The number of aromatic hydroxyl groups is 1. The Morgan fingerprint density at radius 1 is 0.781 bits per heavy atom. The van der Waals surface area contributed by atoms with E-state index in [9.17, 15) is 5.11 Å². The highest BCUT2D eigenvalue weighted by Crippen LogP contribution is 2.50. The van der Waals surface area contributed by atoms with Gasteiger partial charge in [0, 0.05) is 5.56 Å². The summed E-state index contributed by atoms with van der Waals surface area (Å²) in [5.41, 5.74) is 2.61. The molecule has 3 rings (SSSR count). The standard InChI is InChI=1S/C27H32O5/c1-7-15-27(2,3)32-21-14-13-19(16-22(21)29-4)24-23(30-5)17-20(26(31-6)25(24)28)18-11-9-8-10-12-18/h8-14,16-17,28H,7,15H2,1-6H3. The van der Waals surface area contributed by atoms with Crippen molar-refractivity contribution < 1.29 is 24.1 Å². The Morgan fingerprint density at radius 3 is 2.06 bits per heavy atom.